The summed E-state index contributed by atoms with van der Waals surface area (Å²) >= 11 is 0. The summed E-state index contributed by atoms with van der Waals surface area (Å²) in [5.74, 6) is 0.503. The number of rotatable bonds is 10. The van der Waals surface area contributed by atoms with E-state index in [1.807, 2.05) is 48.5 Å². The molecule has 3 aromatic carbocycles. The summed E-state index contributed by atoms with van der Waals surface area (Å²) in [5.41, 5.74) is 3.47. The minimum atomic E-state index is -0.414. The molecule has 0 saturated carbocycles. The van der Waals surface area contributed by atoms with Gasteiger partial charge in [0.2, 0.25) is 0 Å². The molecule has 0 spiro atoms. The van der Waals surface area contributed by atoms with Crippen molar-refractivity contribution >= 4 is 16.8 Å². The Labute approximate surface area is 193 Å². The maximum Gasteiger partial charge on any atom is 0.336 e. The first-order valence-corrected chi connectivity index (χ1v) is 11.5. The monoisotopic (exact) mass is 440 g/mol. The van der Waals surface area contributed by atoms with Crippen LogP contribution < -0.4 is 10.4 Å². The predicted octanol–water partition coefficient (Wildman–Crippen LogP) is 6.84. The molecule has 0 aliphatic rings. The van der Waals surface area contributed by atoms with Crippen LogP contribution in [0.25, 0.3) is 22.1 Å². The Kier molecular flexibility index (Phi) is 7.36. The zero-order valence-electron chi connectivity index (χ0n) is 18.9. The van der Waals surface area contributed by atoms with Crippen LogP contribution in [0.3, 0.4) is 0 Å². The molecule has 0 aliphatic heterocycles. The molecule has 168 valence electrons. The molecule has 4 rings (SSSR count). The molecule has 0 N–H and O–H groups in total. The lowest BCUT2D eigenvalue weighted by atomic mass is 9.98. The van der Waals surface area contributed by atoms with Gasteiger partial charge in [-0.15, -0.1) is 0 Å². The first kappa shape index (κ1) is 22.5. The minimum Gasteiger partial charge on any atom is -0.485 e. The van der Waals surface area contributed by atoms with Crippen molar-refractivity contribution in [1.82, 2.24) is 0 Å². The number of fused-ring (bicyclic) bond motifs is 1. The predicted molar refractivity (Wildman–Crippen MR) is 132 cm³/mol. The second-order valence-corrected chi connectivity index (χ2v) is 8.19. The van der Waals surface area contributed by atoms with Crippen LogP contribution in [0.4, 0.5) is 0 Å². The highest BCUT2D eigenvalue weighted by molar-refractivity contribution is 5.97. The molecule has 0 fully saturated rings. The number of hydrogen-bond acceptors (Lipinski definition) is 4. The molecule has 1 aromatic heterocycles. The second kappa shape index (κ2) is 10.8. The number of carbonyl (C=O) groups excluding carboxylic acids is 1. The Morgan fingerprint density at radius 3 is 2.33 bits per heavy atom. The quantitative estimate of drug-likeness (QED) is 0.154. The molecular weight excluding hydrogens is 412 g/mol. The second-order valence-electron chi connectivity index (χ2n) is 8.19. The highest BCUT2D eigenvalue weighted by Gasteiger charge is 2.15. The molecule has 4 aromatic rings. The number of carbonyl (C=O) groups is 1. The normalized spacial score (nSPS) is 10.9. The van der Waals surface area contributed by atoms with Crippen LogP contribution in [0.5, 0.6) is 5.75 Å². The SMILES string of the molecule is CCCCCCc1cc2c(-c3ccccc3)cc(=O)oc2cc1OCC(=O)c1ccccc1. The highest BCUT2D eigenvalue weighted by atomic mass is 16.5. The van der Waals surface area contributed by atoms with E-state index in [-0.39, 0.29) is 12.4 Å². The van der Waals surface area contributed by atoms with Crippen LogP contribution in [-0.4, -0.2) is 12.4 Å². The van der Waals surface area contributed by atoms with Crippen molar-refractivity contribution in [2.45, 2.75) is 39.0 Å². The molecule has 4 heteroatoms. The molecule has 4 nitrogen and oxygen atoms in total. The van der Waals surface area contributed by atoms with Crippen LogP contribution in [0.2, 0.25) is 0 Å². The molecule has 0 atom stereocenters. The Morgan fingerprint density at radius 2 is 1.61 bits per heavy atom. The smallest absolute Gasteiger partial charge is 0.336 e. The molecule has 33 heavy (non-hydrogen) atoms. The average Bonchev–Trinajstić information content (AvgIpc) is 2.85. The van der Waals surface area contributed by atoms with Crippen molar-refractivity contribution in [3.05, 3.63) is 100 Å². The van der Waals surface area contributed by atoms with E-state index in [4.69, 9.17) is 9.15 Å². The number of ether oxygens (including phenoxy) is 1. The van der Waals surface area contributed by atoms with Gasteiger partial charge in [-0.3, -0.25) is 4.79 Å². The van der Waals surface area contributed by atoms with Gasteiger partial charge >= 0.3 is 5.63 Å². The maximum absolute atomic E-state index is 12.6. The van der Waals surface area contributed by atoms with E-state index in [1.165, 1.54) is 12.5 Å². The number of hydrogen-bond donors (Lipinski definition) is 0. The molecule has 0 bridgehead atoms. The van der Waals surface area contributed by atoms with Crippen molar-refractivity contribution in [2.75, 3.05) is 6.61 Å². The lowest BCUT2D eigenvalue weighted by molar-refractivity contribution is 0.0921. The van der Waals surface area contributed by atoms with Crippen LogP contribution >= 0.6 is 0 Å². The van der Waals surface area contributed by atoms with E-state index in [9.17, 15) is 9.59 Å². The van der Waals surface area contributed by atoms with Crippen molar-refractivity contribution in [3.8, 4) is 16.9 Å². The topological polar surface area (TPSA) is 56.5 Å². The van der Waals surface area contributed by atoms with E-state index in [0.29, 0.717) is 16.9 Å². The fourth-order valence-corrected chi connectivity index (χ4v) is 4.01. The number of aryl methyl sites for hydroxylation is 1. The van der Waals surface area contributed by atoms with Crippen LogP contribution in [-0.2, 0) is 6.42 Å². The van der Waals surface area contributed by atoms with Gasteiger partial charge in [0.25, 0.3) is 0 Å². The molecule has 0 amide bonds. The van der Waals surface area contributed by atoms with Crippen molar-refractivity contribution in [3.63, 3.8) is 0 Å². The van der Waals surface area contributed by atoms with E-state index in [0.717, 1.165) is 47.8 Å². The van der Waals surface area contributed by atoms with Crippen molar-refractivity contribution < 1.29 is 13.9 Å². The minimum absolute atomic E-state index is 0.0694. The summed E-state index contributed by atoms with van der Waals surface area (Å²) in [7, 11) is 0. The Bertz CT molecular complexity index is 1270. The third-order valence-corrected chi connectivity index (χ3v) is 5.76. The lowest BCUT2D eigenvalue weighted by Gasteiger charge is -2.14. The van der Waals surface area contributed by atoms with Gasteiger partial charge in [-0.1, -0.05) is 86.8 Å². The van der Waals surface area contributed by atoms with Crippen molar-refractivity contribution in [1.29, 1.82) is 0 Å². The number of Topliss-reactive ketones (excluding diaryl/α,β-unsaturated/α-hetero) is 1. The Hall–Kier alpha value is -3.66. The van der Waals surface area contributed by atoms with E-state index in [1.54, 1.807) is 18.2 Å². The summed E-state index contributed by atoms with van der Waals surface area (Å²) in [6, 6.07) is 24.3. The van der Waals surface area contributed by atoms with E-state index in [2.05, 4.69) is 13.0 Å². The zero-order valence-corrected chi connectivity index (χ0v) is 18.9. The summed E-state index contributed by atoms with van der Waals surface area (Å²) in [6.45, 7) is 2.12. The summed E-state index contributed by atoms with van der Waals surface area (Å²) in [6.07, 6.45) is 5.33. The van der Waals surface area contributed by atoms with Crippen LogP contribution in [0.1, 0.15) is 48.5 Å². The van der Waals surface area contributed by atoms with Crippen LogP contribution in [0.15, 0.2) is 88.1 Å². The first-order chi connectivity index (χ1) is 16.2. The first-order valence-electron chi connectivity index (χ1n) is 11.5. The van der Waals surface area contributed by atoms with Gasteiger partial charge in [-0.25, -0.2) is 4.79 Å². The molecule has 1 heterocycles. The van der Waals surface area contributed by atoms with E-state index < -0.39 is 5.63 Å². The third-order valence-electron chi connectivity index (χ3n) is 5.76. The molecule has 0 saturated heterocycles. The fourth-order valence-electron chi connectivity index (χ4n) is 4.01. The van der Waals surface area contributed by atoms with Gasteiger partial charge in [0.05, 0.1) is 0 Å². The van der Waals surface area contributed by atoms with Gasteiger partial charge in [0.15, 0.2) is 12.4 Å². The summed E-state index contributed by atoms with van der Waals surface area (Å²) in [4.78, 5) is 24.9. The fraction of sp³-hybridized carbons (Fsp3) is 0.241. The van der Waals surface area contributed by atoms with Gasteiger partial charge in [0.1, 0.15) is 11.3 Å². The van der Waals surface area contributed by atoms with Gasteiger partial charge in [-0.05, 0) is 35.6 Å². The molecule has 0 aliphatic carbocycles. The Morgan fingerprint density at radius 1 is 0.879 bits per heavy atom. The third kappa shape index (κ3) is 5.58. The molecule has 0 unspecified atom stereocenters. The zero-order chi connectivity index (χ0) is 23.0. The van der Waals surface area contributed by atoms with E-state index >= 15 is 0 Å². The maximum atomic E-state index is 12.6. The largest absolute Gasteiger partial charge is 0.485 e. The van der Waals surface area contributed by atoms with Gasteiger partial charge in [-0.2, -0.15) is 0 Å². The standard InChI is InChI=1S/C29H28O4/c1-2-3-4-7-16-23-17-25-24(21-12-8-5-9-13-21)18-29(31)33-28(25)19-27(23)32-20-26(30)22-14-10-6-11-15-22/h5-6,8-15,17-19H,2-4,7,16,20H2,1H3. The summed E-state index contributed by atoms with van der Waals surface area (Å²) in [5, 5.41) is 0.869. The molecule has 0 radical (unpaired) electrons. The highest BCUT2D eigenvalue weighted by Crippen LogP contribution is 2.33. The number of benzene rings is 3. The Balaban J connectivity index is 1.71. The average molecular weight is 441 g/mol. The number of ketones is 1. The summed E-state index contributed by atoms with van der Waals surface area (Å²) < 4.78 is 11.5. The molecular formula is C29H28O4. The number of unbranched alkanes of at least 4 members (excludes halogenated alkanes) is 3. The van der Waals surface area contributed by atoms with Gasteiger partial charge in [0, 0.05) is 23.1 Å². The van der Waals surface area contributed by atoms with Gasteiger partial charge < -0.3 is 9.15 Å². The van der Waals surface area contributed by atoms with Crippen LogP contribution in [0, 0.1) is 0 Å². The lowest BCUT2D eigenvalue weighted by Crippen LogP contribution is -2.12. The van der Waals surface area contributed by atoms with Crippen molar-refractivity contribution in [2.24, 2.45) is 0 Å².